The number of hydrogen-bond donors (Lipinski definition) is 2. The highest BCUT2D eigenvalue weighted by Gasteiger charge is 2.29. The van der Waals surface area contributed by atoms with Gasteiger partial charge >= 0.3 is 5.97 Å². The number of allylic oxidation sites excluding steroid dienone is 2. The summed E-state index contributed by atoms with van der Waals surface area (Å²) in [7, 11) is 0. The van der Waals surface area contributed by atoms with Crippen LogP contribution in [-0.2, 0) is 14.3 Å². The van der Waals surface area contributed by atoms with Crippen LogP contribution in [0.25, 0.3) is 0 Å². The van der Waals surface area contributed by atoms with E-state index in [0.717, 1.165) is 45.1 Å². The number of rotatable bonds is 22. The maximum atomic E-state index is 11.4. The average molecular weight is 483 g/mol. The summed E-state index contributed by atoms with van der Waals surface area (Å²) in [5, 5.41) is 19.9. The second kappa shape index (κ2) is 21.4. The van der Waals surface area contributed by atoms with Gasteiger partial charge in [0.2, 0.25) is 0 Å². The third-order valence-electron chi connectivity index (χ3n) is 7.00. The molecule has 0 spiro atoms. The van der Waals surface area contributed by atoms with Crippen molar-refractivity contribution >= 4 is 5.97 Å². The van der Waals surface area contributed by atoms with Gasteiger partial charge in [0, 0.05) is 13.0 Å². The topological polar surface area (TPSA) is 76.0 Å². The summed E-state index contributed by atoms with van der Waals surface area (Å²) in [4.78, 5) is 11.4. The smallest absolute Gasteiger partial charge is 0.309 e. The molecule has 1 saturated heterocycles. The molecule has 1 unspecified atom stereocenters. The molecular weight excluding hydrogens is 428 g/mol. The molecule has 0 aliphatic carbocycles. The number of aliphatic carboxylic acids is 1. The summed E-state index contributed by atoms with van der Waals surface area (Å²) in [6.45, 7) is 4.80. The molecule has 5 nitrogen and oxygen atoms in total. The zero-order chi connectivity index (χ0) is 24.9. The van der Waals surface area contributed by atoms with Crippen molar-refractivity contribution in [3.63, 3.8) is 0 Å². The number of carboxylic acid groups (broad SMARTS) is 1. The molecule has 0 saturated carbocycles. The van der Waals surface area contributed by atoms with Crippen LogP contribution in [0.3, 0.4) is 0 Å². The first kappa shape index (κ1) is 31.1. The molecule has 0 amide bonds. The van der Waals surface area contributed by atoms with Gasteiger partial charge < -0.3 is 19.7 Å². The Morgan fingerprint density at radius 3 is 2.12 bits per heavy atom. The van der Waals surface area contributed by atoms with Crippen LogP contribution in [-0.4, -0.2) is 41.3 Å². The first-order chi connectivity index (χ1) is 16.6. The van der Waals surface area contributed by atoms with Gasteiger partial charge in [-0.2, -0.15) is 0 Å². The zero-order valence-corrected chi connectivity index (χ0v) is 22.2. The molecule has 1 rings (SSSR count). The van der Waals surface area contributed by atoms with E-state index < -0.39 is 18.0 Å². The number of carbonyl (C=O) groups is 1. The molecule has 200 valence electrons. The lowest BCUT2D eigenvalue weighted by atomic mass is 9.93. The highest BCUT2D eigenvalue weighted by molar-refractivity contribution is 5.70. The van der Waals surface area contributed by atoms with Crippen molar-refractivity contribution in [3.05, 3.63) is 12.2 Å². The fraction of sp³-hybridized carbons (Fsp3) is 0.897. The Kier molecular flexibility index (Phi) is 19.6. The summed E-state index contributed by atoms with van der Waals surface area (Å²) in [6, 6.07) is 0. The van der Waals surface area contributed by atoms with Gasteiger partial charge in [-0.3, -0.25) is 4.79 Å². The SMILES string of the molecule is CCCCCCCCC=CCCCCCCC[C@@H](C[C@H](O)[C@H](CC)C(=O)O)OC1CCCCO1. The fourth-order valence-corrected chi connectivity index (χ4v) is 4.76. The molecule has 1 heterocycles. The summed E-state index contributed by atoms with van der Waals surface area (Å²) in [5.74, 6) is -1.66. The van der Waals surface area contributed by atoms with Crippen LogP contribution in [0, 0.1) is 5.92 Å². The molecule has 2 N–H and O–H groups in total. The minimum atomic E-state index is -0.927. The van der Waals surface area contributed by atoms with Crippen molar-refractivity contribution in [2.24, 2.45) is 5.92 Å². The van der Waals surface area contributed by atoms with Gasteiger partial charge in [0.1, 0.15) is 0 Å². The van der Waals surface area contributed by atoms with Crippen molar-refractivity contribution in [2.45, 2.75) is 154 Å². The summed E-state index contributed by atoms with van der Waals surface area (Å²) in [6.07, 6.45) is 24.7. The standard InChI is InChI=1S/C29H54O5/c1-3-5-6-7-8-9-10-11-12-13-14-15-16-17-18-21-25(34-28-22-19-20-23-33-28)24-27(30)26(4-2)29(31)32/h11-12,25-28,30H,3-10,13-24H2,1-2H3,(H,31,32)/t25-,26-,27-,28?/m0/s1. The Balaban J connectivity index is 2.18. The highest BCUT2D eigenvalue weighted by atomic mass is 16.7. The van der Waals surface area contributed by atoms with Gasteiger partial charge in [0.15, 0.2) is 6.29 Å². The Morgan fingerprint density at radius 2 is 1.56 bits per heavy atom. The second-order valence-electron chi connectivity index (χ2n) is 10.1. The predicted molar refractivity (Wildman–Crippen MR) is 140 cm³/mol. The Labute approximate surface area is 209 Å². The first-order valence-corrected chi connectivity index (χ1v) is 14.4. The minimum absolute atomic E-state index is 0.142. The van der Waals surface area contributed by atoms with E-state index >= 15 is 0 Å². The lowest BCUT2D eigenvalue weighted by Crippen LogP contribution is -2.35. The number of aliphatic hydroxyl groups excluding tert-OH is 1. The molecule has 0 aromatic heterocycles. The van der Waals surface area contributed by atoms with E-state index in [4.69, 9.17) is 9.47 Å². The van der Waals surface area contributed by atoms with E-state index in [1.54, 1.807) is 0 Å². The van der Waals surface area contributed by atoms with Crippen LogP contribution in [0.4, 0.5) is 0 Å². The lowest BCUT2D eigenvalue weighted by molar-refractivity contribution is -0.196. The molecular formula is C29H54O5. The van der Waals surface area contributed by atoms with Crippen LogP contribution in [0.5, 0.6) is 0 Å². The van der Waals surface area contributed by atoms with Gasteiger partial charge in [0.05, 0.1) is 18.1 Å². The number of carboxylic acids is 1. The van der Waals surface area contributed by atoms with Crippen molar-refractivity contribution in [2.75, 3.05) is 6.61 Å². The van der Waals surface area contributed by atoms with Gasteiger partial charge in [-0.05, 0) is 57.8 Å². The normalized spacial score (nSPS) is 19.3. The Hall–Kier alpha value is -0.910. The lowest BCUT2D eigenvalue weighted by Gasteiger charge is -2.30. The van der Waals surface area contributed by atoms with E-state index in [-0.39, 0.29) is 12.4 Å². The minimum Gasteiger partial charge on any atom is -0.481 e. The Bertz CT molecular complexity index is 501. The quantitative estimate of drug-likeness (QED) is 0.122. The van der Waals surface area contributed by atoms with E-state index in [0.29, 0.717) is 12.8 Å². The largest absolute Gasteiger partial charge is 0.481 e. The van der Waals surface area contributed by atoms with Crippen LogP contribution < -0.4 is 0 Å². The fourth-order valence-electron chi connectivity index (χ4n) is 4.76. The van der Waals surface area contributed by atoms with Crippen molar-refractivity contribution in [1.82, 2.24) is 0 Å². The molecule has 0 aromatic carbocycles. The monoisotopic (exact) mass is 482 g/mol. The maximum Gasteiger partial charge on any atom is 0.309 e. The van der Waals surface area contributed by atoms with Crippen molar-refractivity contribution < 1.29 is 24.5 Å². The van der Waals surface area contributed by atoms with E-state index in [1.165, 1.54) is 70.6 Å². The summed E-state index contributed by atoms with van der Waals surface area (Å²) < 4.78 is 11.9. The van der Waals surface area contributed by atoms with Gasteiger partial charge in [-0.25, -0.2) is 0 Å². The third-order valence-corrected chi connectivity index (χ3v) is 7.00. The molecule has 1 fully saturated rings. The average Bonchev–Trinajstić information content (AvgIpc) is 2.82. The van der Waals surface area contributed by atoms with Crippen LogP contribution in [0.1, 0.15) is 136 Å². The van der Waals surface area contributed by atoms with E-state index in [2.05, 4.69) is 19.1 Å². The van der Waals surface area contributed by atoms with Gasteiger partial charge in [-0.1, -0.05) is 83.8 Å². The van der Waals surface area contributed by atoms with Crippen LogP contribution in [0.2, 0.25) is 0 Å². The molecule has 0 bridgehead atoms. The molecule has 1 aliphatic heterocycles. The summed E-state index contributed by atoms with van der Waals surface area (Å²) in [5.41, 5.74) is 0. The molecule has 4 atom stereocenters. The van der Waals surface area contributed by atoms with E-state index in [9.17, 15) is 15.0 Å². The molecule has 34 heavy (non-hydrogen) atoms. The van der Waals surface area contributed by atoms with Crippen LogP contribution >= 0.6 is 0 Å². The van der Waals surface area contributed by atoms with E-state index in [1.807, 2.05) is 6.92 Å². The number of hydrogen-bond acceptors (Lipinski definition) is 4. The number of unbranched alkanes of at least 4 members (excludes halogenated alkanes) is 11. The predicted octanol–water partition coefficient (Wildman–Crippen LogP) is 7.80. The molecule has 1 aliphatic rings. The number of aliphatic hydroxyl groups is 1. The highest BCUT2D eigenvalue weighted by Crippen LogP contribution is 2.24. The maximum absolute atomic E-state index is 11.4. The van der Waals surface area contributed by atoms with Crippen molar-refractivity contribution in [3.8, 4) is 0 Å². The second-order valence-corrected chi connectivity index (χ2v) is 10.1. The number of ether oxygens (including phenoxy) is 2. The van der Waals surface area contributed by atoms with Gasteiger partial charge in [0.25, 0.3) is 0 Å². The van der Waals surface area contributed by atoms with Crippen LogP contribution in [0.15, 0.2) is 12.2 Å². The molecule has 0 radical (unpaired) electrons. The first-order valence-electron chi connectivity index (χ1n) is 14.4. The molecule has 0 aromatic rings. The summed E-state index contributed by atoms with van der Waals surface area (Å²) >= 11 is 0. The zero-order valence-electron chi connectivity index (χ0n) is 22.2. The Morgan fingerprint density at radius 1 is 0.941 bits per heavy atom. The molecule has 5 heteroatoms. The third kappa shape index (κ3) is 15.9. The van der Waals surface area contributed by atoms with Crippen molar-refractivity contribution in [1.29, 1.82) is 0 Å². The van der Waals surface area contributed by atoms with Gasteiger partial charge in [-0.15, -0.1) is 0 Å².